The van der Waals surface area contributed by atoms with Gasteiger partial charge in [0.05, 0.1) is 13.1 Å². The summed E-state index contributed by atoms with van der Waals surface area (Å²) in [5, 5.41) is 9.23. The highest BCUT2D eigenvalue weighted by atomic mass is 32.2. The van der Waals surface area contributed by atoms with Crippen LogP contribution in [0.3, 0.4) is 0 Å². The fourth-order valence-electron chi connectivity index (χ4n) is 2.97. The van der Waals surface area contributed by atoms with E-state index in [0.717, 1.165) is 25.9 Å². The Hall–Kier alpha value is -2.24. The van der Waals surface area contributed by atoms with E-state index in [1.807, 2.05) is 6.92 Å². The fourth-order valence-corrected chi connectivity index (χ4v) is 3.95. The number of piperidine rings is 1. The van der Waals surface area contributed by atoms with Gasteiger partial charge in [-0.05, 0) is 31.9 Å². The van der Waals surface area contributed by atoms with E-state index >= 15 is 0 Å². The van der Waals surface area contributed by atoms with Crippen LogP contribution in [0.25, 0.3) is 0 Å². The van der Waals surface area contributed by atoms with Gasteiger partial charge in [-0.25, -0.2) is 13.1 Å². The summed E-state index contributed by atoms with van der Waals surface area (Å²) in [6, 6.07) is 3.35. The summed E-state index contributed by atoms with van der Waals surface area (Å²) in [4.78, 5) is 22.0. The van der Waals surface area contributed by atoms with Gasteiger partial charge in [0.25, 0.3) is 0 Å². The number of sulfonamides is 1. The number of nitrogens with zero attached hydrogens (tertiary/aromatic N) is 3. The number of hydrogen-bond donors (Lipinski definition) is 4. The number of aliphatic imine (C=N–C) groups is 1. The number of rotatable bonds is 9. The Balaban J connectivity index is 1.79. The third-order valence-corrected chi connectivity index (χ3v) is 5.98. The minimum atomic E-state index is -3.58. The lowest BCUT2D eigenvalue weighted by atomic mass is 10.1. The molecule has 1 aliphatic rings. The highest BCUT2D eigenvalue weighted by Crippen LogP contribution is 2.10. The first kappa shape index (κ1) is 23.0. The molecule has 0 unspecified atom stereocenters. The van der Waals surface area contributed by atoms with Crippen LogP contribution in [-0.4, -0.2) is 82.5 Å². The molecule has 1 amide bonds. The first-order valence-electron chi connectivity index (χ1n) is 9.82. The topological polar surface area (TPSA) is 128 Å². The molecule has 2 rings (SSSR count). The number of aromatic nitrogens is 1. The van der Waals surface area contributed by atoms with E-state index in [9.17, 15) is 13.2 Å². The van der Waals surface area contributed by atoms with Gasteiger partial charge in [-0.3, -0.25) is 19.7 Å². The molecule has 0 saturated carbocycles. The van der Waals surface area contributed by atoms with Crippen molar-refractivity contribution in [1.29, 1.82) is 0 Å². The normalized spacial score (nSPS) is 16.4. The average molecular weight is 426 g/mol. The van der Waals surface area contributed by atoms with Crippen LogP contribution < -0.4 is 20.7 Å². The highest BCUT2D eigenvalue weighted by Gasteiger charge is 2.21. The molecule has 1 aromatic rings. The van der Waals surface area contributed by atoms with Crippen LogP contribution in [0.15, 0.2) is 34.4 Å². The zero-order valence-corrected chi connectivity index (χ0v) is 17.8. The quantitative estimate of drug-likeness (QED) is 0.230. The number of likely N-dealkylation sites (N-methyl/N-ethyl adjacent to an activating group) is 1. The van der Waals surface area contributed by atoms with Crippen LogP contribution >= 0.6 is 0 Å². The summed E-state index contributed by atoms with van der Waals surface area (Å²) in [6.07, 6.45) is 4.67. The third kappa shape index (κ3) is 7.95. The lowest BCUT2D eigenvalue weighted by Gasteiger charge is -2.32. The minimum Gasteiger partial charge on any atom is -0.358 e. The summed E-state index contributed by atoms with van der Waals surface area (Å²) in [7, 11) is -1.93. The molecular weight excluding hydrogens is 394 g/mol. The molecule has 1 aromatic heterocycles. The number of nitrogens with one attached hydrogen (secondary N) is 4. The number of pyridine rings is 1. The number of likely N-dealkylation sites (tertiary alicyclic amines) is 1. The lowest BCUT2D eigenvalue weighted by molar-refractivity contribution is -0.122. The Bertz CT molecular complexity index is 763. The van der Waals surface area contributed by atoms with Crippen LogP contribution in [0.1, 0.15) is 19.8 Å². The van der Waals surface area contributed by atoms with Gasteiger partial charge in [-0.15, -0.1) is 0 Å². The average Bonchev–Trinajstić information content (AvgIpc) is 2.73. The molecule has 29 heavy (non-hydrogen) atoms. The molecule has 1 aliphatic heterocycles. The van der Waals surface area contributed by atoms with Crippen LogP contribution in [0.5, 0.6) is 0 Å². The second kappa shape index (κ2) is 11.7. The van der Waals surface area contributed by atoms with E-state index in [2.05, 4.69) is 35.5 Å². The van der Waals surface area contributed by atoms with E-state index in [1.54, 1.807) is 13.1 Å². The van der Waals surface area contributed by atoms with Crippen molar-refractivity contribution in [2.75, 3.05) is 46.3 Å². The lowest BCUT2D eigenvalue weighted by Crippen LogP contribution is -2.50. The Labute approximate surface area is 172 Å². The van der Waals surface area contributed by atoms with Gasteiger partial charge in [-0.1, -0.05) is 0 Å². The molecule has 0 aromatic carbocycles. The second-order valence-corrected chi connectivity index (χ2v) is 8.48. The van der Waals surface area contributed by atoms with Crippen molar-refractivity contribution < 1.29 is 13.2 Å². The van der Waals surface area contributed by atoms with Gasteiger partial charge in [-0.2, -0.15) is 0 Å². The van der Waals surface area contributed by atoms with Crippen molar-refractivity contribution in [3.8, 4) is 0 Å². The predicted octanol–water partition coefficient (Wildman–Crippen LogP) is -0.875. The maximum absolute atomic E-state index is 12.2. The van der Waals surface area contributed by atoms with E-state index in [0.29, 0.717) is 25.6 Å². The zero-order chi connectivity index (χ0) is 21.1. The summed E-state index contributed by atoms with van der Waals surface area (Å²) in [6.45, 7) is 5.30. The smallest absolute Gasteiger partial charge is 0.242 e. The Morgan fingerprint density at radius 2 is 2.10 bits per heavy atom. The first-order valence-corrected chi connectivity index (χ1v) is 11.3. The van der Waals surface area contributed by atoms with E-state index < -0.39 is 10.0 Å². The summed E-state index contributed by atoms with van der Waals surface area (Å²) < 4.78 is 26.9. The van der Waals surface area contributed by atoms with Crippen molar-refractivity contribution in [3.63, 3.8) is 0 Å². The Kier molecular flexibility index (Phi) is 9.29. The standard InChI is InChI=1S/C18H31N7O3S/c1-3-21-18(24-15-6-11-25(12-7-15)14-17(26)19-2)22-9-10-23-29(27,28)16-5-4-8-20-13-16/h4-5,8,13,15,23H,3,6-7,9-12,14H2,1-2H3,(H,19,26)(H2,21,22,24). The molecule has 11 heteroatoms. The molecule has 1 fully saturated rings. The number of carbonyl (C=O) groups is 1. The van der Waals surface area contributed by atoms with Crippen LogP contribution in [-0.2, 0) is 14.8 Å². The molecule has 0 atom stereocenters. The number of amides is 1. The monoisotopic (exact) mass is 425 g/mol. The number of guanidine groups is 1. The molecular formula is C18H31N7O3S. The maximum atomic E-state index is 12.2. The molecule has 4 N–H and O–H groups in total. The van der Waals surface area contributed by atoms with Crippen LogP contribution in [0.4, 0.5) is 0 Å². The van der Waals surface area contributed by atoms with Gasteiger partial charge in [0.1, 0.15) is 4.90 Å². The fraction of sp³-hybridized carbons (Fsp3) is 0.611. The molecule has 0 spiro atoms. The molecule has 162 valence electrons. The molecule has 10 nitrogen and oxygen atoms in total. The van der Waals surface area contributed by atoms with E-state index in [4.69, 9.17) is 0 Å². The molecule has 0 radical (unpaired) electrons. The number of carbonyl (C=O) groups excluding carboxylic acids is 1. The van der Waals surface area contributed by atoms with Crippen molar-refractivity contribution >= 4 is 21.9 Å². The van der Waals surface area contributed by atoms with E-state index in [-0.39, 0.29) is 23.4 Å². The van der Waals surface area contributed by atoms with Crippen LogP contribution in [0.2, 0.25) is 0 Å². The highest BCUT2D eigenvalue weighted by molar-refractivity contribution is 7.89. The van der Waals surface area contributed by atoms with Crippen molar-refractivity contribution in [3.05, 3.63) is 24.5 Å². The zero-order valence-electron chi connectivity index (χ0n) is 17.0. The molecule has 1 saturated heterocycles. The van der Waals surface area contributed by atoms with Gasteiger partial charge in [0.15, 0.2) is 5.96 Å². The van der Waals surface area contributed by atoms with Crippen molar-refractivity contribution in [2.24, 2.45) is 4.99 Å². The summed E-state index contributed by atoms with van der Waals surface area (Å²) >= 11 is 0. The maximum Gasteiger partial charge on any atom is 0.242 e. The molecule has 2 heterocycles. The number of hydrogen-bond acceptors (Lipinski definition) is 6. The second-order valence-electron chi connectivity index (χ2n) is 6.72. The van der Waals surface area contributed by atoms with Crippen molar-refractivity contribution in [2.45, 2.75) is 30.7 Å². The van der Waals surface area contributed by atoms with Crippen molar-refractivity contribution in [1.82, 2.24) is 30.6 Å². The first-order chi connectivity index (χ1) is 13.9. The minimum absolute atomic E-state index is 0.0278. The summed E-state index contributed by atoms with van der Waals surface area (Å²) in [5.41, 5.74) is 0. The summed E-state index contributed by atoms with van der Waals surface area (Å²) in [5.74, 6) is 0.692. The van der Waals surface area contributed by atoms with Gasteiger partial charge in [0, 0.05) is 51.7 Å². The van der Waals surface area contributed by atoms with E-state index in [1.165, 1.54) is 18.5 Å². The van der Waals surface area contributed by atoms with Gasteiger partial charge < -0.3 is 16.0 Å². The molecule has 0 bridgehead atoms. The third-order valence-electron chi connectivity index (χ3n) is 4.54. The largest absolute Gasteiger partial charge is 0.358 e. The SMILES string of the molecule is CCNC(=NCCNS(=O)(=O)c1cccnc1)NC1CCN(CC(=O)NC)CC1. The Morgan fingerprint density at radius 3 is 2.72 bits per heavy atom. The predicted molar refractivity (Wildman–Crippen MR) is 112 cm³/mol. The van der Waals surface area contributed by atoms with Gasteiger partial charge >= 0.3 is 0 Å². The van der Waals surface area contributed by atoms with Gasteiger partial charge in [0.2, 0.25) is 15.9 Å². The Morgan fingerprint density at radius 1 is 1.34 bits per heavy atom. The van der Waals surface area contributed by atoms with Crippen LogP contribution in [0, 0.1) is 0 Å². The molecule has 0 aliphatic carbocycles.